The molecule has 0 bridgehead atoms. The van der Waals surface area contributed by atoms with Gasteiger partial charge in [-0.25, -0.2) is 13.8 Å². The average molecular weight is 452 g/mol. The van der Waals surface area contributed by atoms with E-state index >= 15 is 0 Å². The molecule has 1 atom stereocenters. The molecule has 0 saturated carbocycles. The van der Waals surface area contributed by atoms with Crippen molar-refractivity contribution in [2.24, 2.45) is 0 Å². The summed E-state index contributed by atoms with van der Waals surface area (Å²) in [5.41, 5.74) is -0.219. The maximum atomic E-state index is 13.5. The monoisotopic (exact) mass is 452 g/mol. The van der Waals surface area contributed by atoms with Gasteiger partial charge in [-0.15, -0.1) is 11.3 Å². The molecule has 0 saturated heterocycles. The molecule has 4 rings (SSSR count). The van der Waals surface area contributed by atoms with Crippen molar-refractivity contribution < 1.29 is 18.7 Å². The molecule has 9 heteroatoms. The number of Topliss-reactive ketones (excluding diaryl/α,β-unsaturated/α-hetero) is 1. The standard InChI is InChI=1S/C23H17FN2O5S/c1-31-18(27)11-17(20(28)14-5-3-2-4-6-14)26-22(29)19-16(12-32-21(19)25-23(26)30)13-7-9-15(24)10-8-13/h2-10,12,17H,11H2,1H3,(H,25,30). The number of rotatable bonds is 6. The Kier molecular flexibility index (Phi) is 5.83. The zero-order valence-corrected chi connectivity index (χ0v) is 17.6. The van der Waals surface area contributed by atoms with E-state index in [1.54, 1.807) is 35.7 Å². The van der Waals surface area contributed by atoms with Crippen LogP contribution in [0.15, 0.2) is 69.6 Å². The van der Waals surface area contributed by atoms with E-state index in [1.807, 2.05) is 0 Å². The van der Waals surface area contributed by atoms with Crippen LogP contribution < -0.4 is 11.2 Å². The Morgan fingerprint density at radius 1 is 1.09 bits per heavy atom. The molecule has 0 amide bonds. The van der Waals surface area contributed by atoms with E-state index in [2.05, 4.69) is 4.98 Å². The molecule has 1 N–H and O–H groups in total. The number of aromatic amines is 1. The molecule has 2 aromatic carbocycles. The third-order valence-electron chi connectivity index (χ3n) is 5.08. The number of hydrogen-bond acceptors (Lipinski definition) is 6. The first-order valence-corrected chi connectivity index (χ1v) is 10.5. The fraction of sp³-hybridized carbons (Fsp3) is 0.130. The van der Waals surface area contributed by atoms with Crippen LogP contribution in [0.1, 0.15) is 22.8 Å². The largest absolute Gasteiger partial charge is 0.469 e. The van der Waals surface area contributed by atoms with Crippen molar-refractivity contribution in [3.63, 3.8) is 0 Å². The van der Waals surface area contributed by atoms with Crippen LogP contribution in [-0.4, -0.2) is 28.4 Å². The first-order chi connectivity index (χ1) is 15.4. The average Bonchev–Trinajstić information content (AvgIpc) is 3.22. The van der Waals surface area contributed by atoms with Gasteiger partial charge in [-0.1, -0.05) is 42.5 Å². The Hall–Kier alpha value is -3.85. The molecule has 32 heavy (non-hydrogen) atoms. The minimum Gasteiger partial charge on any atom is -0.469 e. The van der Waals surface area contributed by atoms with Crippen LogP contribution in [0.2, 0.25) is 0 Å². The van der Waals surface area contributed by atoms with Crippen molar-refractivity contribution in [2.75, 3.05) is 7.11 Å². The maximum absolute atomic E-state index is 13.5. The van der Waals surface area contributed by atoms with E-state index in [0.717, 1.165) is 23.0 Å². The Balaban J connectivity index is 1.93. The number of methoxy groups -OCH3 is 1. The number of aromatic nitrogens is 2. The van der Waals surface area contributed by atoms with E-state index in [0.29, 0.717) is 16.0 Å². The number of nitrogens with zero attached hydrogens (tertiary/aromatic N) is 1. The summed E-state index contributed by atoms with van der Waals surface area (Å²) in [6, 6.07) is 12.3. The van der Waals surface area contributed by atoms with Crippen LogP contribution in [0, 0.1) is 5.82 Å². The fourth-order valence-corrected chi connectivity index (χ4v) is 4.45. The molecule has 1 unspecified atom stereocenters. The second-order valence-electron chi connectivity index (χ2n) is 6.99. The number of thiophene rings is 1. The molecule has 0 aliphatic rings. The van der Waals surface area contributed by atoms with Crippen LogP contribution in [0.5, 0.6) is 0 Å². The zero-order valence-electron chi connectivity index (χ0n) is 16.8. The number of hydrogen-bond donors (Lipinski definition) is 1. The summed E-state index contributed by atoms with van der Waals surface area (Å²) in [6.45, 7) is 0. The highest BCUT2D eigenvalue weighted by Crippen LogP contribution is 2.30. The SMILES string of the molecule is COC(=O)CC(C(=O)c1ccccc1)n1c(=O)[nH]c2scc(-c3ccc(F)cc3)c2c1=O. The molecular weight excluding hydrogens is 435 g/mol. The van der Waals surface area contributed by atoms with Gasteiger partial charge in [0, 0.05) is 16.5 Å². The first kappa shape index (κ1) is 21.4. The summed E-state index contributed by atoms with van der Waals surface area (Å²) in [4.78, 5) is 54.5. The predicted octanol–water partition coefficient (Wildman–Crippen LogP) is 3.54. The normalized spacial score (nSPS) is 11.9. The van der Waals surface area contributed by atoms with Crippen molar-refractivity contribution in [2.45, 2.75) is 12.5 Å². The maximum Gasteiger partial charge on any atom is 0.330 e. The highest BCUT2D eigenvalue weighted by Gasteiger charge is 2.29. The van der Waals surface area contributed by atoms with Crippen LogP contribution in [0.3, 0.4) is 0 Å². The number of esters is 1. The summed E-state index contributed by atoms with van der Waals surface area (Å²) in [5.74, 6) is -1.73. The molecule has 162 valence electrons. The van der Waals surface area contributed by atoms with Gasteiger partial charge in [-0.2, -0.15) is 0 Å². The Morgan fingerprint density at radius 3 is 2.44 bits per heavy atom. The van der Waals surface area contributed by atoms with Gasteiger partial charge in [-0.05, 0) is 17.7 Å². The Labute approximate surface area is 184 Å². The van der Waals surface area contributed by atoms with Crippen molar-refractivity contribution in [1.82, 2.24) is 9.55 Å². The molecule has 0 radical (unpaired) electrons. The quantitative estimate of drug-likeness (QED) is 0.356. The van der Waals surface area contributed by atoms with Crippen molar-refractivity contribution in [3.05, 3.63) is 92.2 Å². The molecule has 2 heterocycles. The van der Waals surface area contributed by atoms with E-state index in [9.17, 15) is 23.6 Å². The fourth-order valence-electron chi connectivity index (χ4n) is 3.49. The number of fused-ring (bicyclic) bond motifs is 1. The lowest BCUT2D eigenvalue weighted by atomic mass is 10.0. The topological polar surface area (TPSA) is 98.2 Å². The molecule has 0 aliphatic heterocycles. The van der Waals surface area contributed by atoms with Gasteiger partial charge in [0.05, 0.1) is 18.9 Å². The van der Waals surface area contributed by atoms with Gasteiger partial charge in [0.25, 0.3) is 5.56 Å². The molecule has 2 aromatic heterocycles. The van der Waals surface area contributed by atoms with Gasteiger partial charge < -0.3 is 4.74 Å². The van der Waals surface area contributed by atoms with E-state index in [4.69, 9.17) is 4.74 Å². The summed E-state index contributed by atoms with van der Waals surface area (Å²) < 4.78 is 18.8. The number of ketones is 1. The molecule has 4 aromatic rings. The first-order valence-electron chi connectivity index (χ1n) is 9.58. The van der Waals surface area contributed by atoms with Crippen LogP contribution >= 0.6 is 11.3 Å². The van der Waals surface area contributed by atoms with Crippen molar-refractivity contribution >= 4 is 33.3 Å². The van der Waals surface area contributed by atoms with Gasteiger partial charge in [0.15, 0.2) is 5.78 Å². The number of ether oxygens (including phenoxy) is 1. The molecule has 7 nitrogen and oxygen atoms in total. The Morgan fingerprint density at radius 2 is 1.78 bits per heavy atom. The Bertz CT molecular complexity index is 1420. The number of halogens is 1. The smallest absolute Gasteiger partial charge is 0.330 e. The molecule has 0 fully saturated rings. The van der Waals surface area contributed by atoms with Gasteiger partial charge in [0.2, 0.25) is 0 Å². The minimum atomic E-state index is -1.40. The summed E-state index contributed by atoms with van der Waals surface area (Å²) in [7, 11) is 1.16. The molecule has 0 aliphatic carbocycles. The van der Waals surface area contributed by atoms with E-state index in [-0.39, 0.29) is 10.9 Å². The number of H-pyrrole nitrogens is 1. The van der Waals surface area contributed by atoms with Crippen LogP contribution in [-0.2, 0) is 9.53 Å². The van der Waals surface area contributed by atoms with Gasteiger partial charge in [-0.3, -0.25) is 19.4 Å². The minimum absolute atomic E-state index is 0.178. The predicted molar refractivity (Wildman–Crippen MR) is 119 cm³/mol. The lowest BCUT2D eigenvalue weighted by Crippen LogP contribution is -2.41. The summed E-state index contributed by atoms with van der Waals surface area (Å²) in [6.07, 6.45) is -0.491. The number of nitrogens with one attached hydrogen (secondary N) is 1. The molecule has 0 spiro atoms. The second kappa shape index (κ2) is 8.72. The number of carbonyl (C=O) groups excluding carboxylic acids is 2. The number of benzene rings is 2. The van der Waals surface area contributed by atoms with E-state index in [1.165, 1.54) is 24.3 Å². The van der Waals surface area contributed by atoms with E-state index < -0.39 is 41.3 Å². The zero-order chi connectivity index (χ0) is 22.8. The lowest BCUT2D eigenvalue weighted by molar-refractivity contribution is -0.141. The summed E-state index contributed by atoms with van der Waals surface area (Å²) >= 11 is 1.15. The third-order valence-corrected chi connectivity index (χ3v) is 5.97. The van der Waals surface area contributed by atoms with Gasteiger partial charge in [0.1, 0.15) is 16.7 Å². The van der Waals surface area contributed by atoms with Gasteiger partial charge >= 0.3 is 11.7 Å². The highest BCUT2D eigenvalue weighted by atomic mass is 32.1. The van der Waals surface area contributed by atoms with Crippen LogP contribution in [0.4, 0.5) is 4.39 Å². The van der Waals surface area contributed by atoms with Crippen molar-refractivity contribution in [3.8, 4) is 11.1 Å². The molecular formula is C23H17FN2O5S. The van der Waals surface area contributed by atoms with Crippen LogP contribution in [0.25, 0.3) is 21.3 Å². The third kappa shape index (κ3) is 3.90. The summed E-state index contributed by atoms with van der Waals surface area (Å²) in [5, 5.41) is 1.85. The second-order valence-corrected chi connectivity index (χ2v) is 7.87. The highest BCUT2D eigenvalue weighted by molar-refractivity contribution is 7.17. The van der Waals surface area contributed by atoms with Crippen molar-refractivity contribution in [1.29, 1.82) is 0 Å². The lowest BCUT2D eigenvalue weighted by Gasteiger charge is -2.17. The number of carbonyl (C=O) groups is 2.